The number of benzene rings is 2. The Kier molecular flexibility index (Phi) is 4.56. The Labute approximate surface area is 142 Å². The molecule has 0 aliphatic carbocycles. The van der Waals surface area contributed by atoms with Gasteiger partial charge in [-0.1, -0.05) is 24.3 Å². The topological polar surface area (TPSA) is 70.4 Å². The van der Waals surface area contributed by atoms with Crippen LogP contribution in [0.4, 0.5) is 0 Å². The fraction of sp³-hybridized carbons (Fsp3) is 0.278. The summed E-state index contributed by atoms with van der Waals surface area (Å²) in [6.45, 7) is 0.882. The summed E-state index contributed by atoms with van der Waals surface area (Å²) in [6.07, 6.45) is 0.764. The molecule has 1 atom stereocenters. The molecule has 0 radical (unpaired) electrons. The molecular formula is C18H18N2O3S. The lowest BCUT2D eigenvalue weighted by atomic mass is 9.99. The average molecular weight is 342 g/mol. The molecule has 24 heavy (non-hydrogen) atoms. The van der Waals surface area contributed by atoms with Crippen LogP contribution in [0.3, 0.4) is 0 Å². The summed E-state index contributed by atoms with van der Waals surface area (Å²) < 4.78 is 32.3. The molecule has 6 heteroatoms. The van der Waals surface area contributed by atoms with Gasteiger partial charge in [0.05, 0.1) is 17.6 Å². The maximum absolute atomic E-state index is 12.8. The Hall–Kier alpha value is -2.36. The van der Waals surface area contributed by atoms with Crippen LogP contribution in [0.25, 0.3) is 0 Å². The second-order valence-electron chi connectivity index (χ2n) is 5.73. The summed E-state index contributed by atoms with van der Waals surface area (Å²) in [6, 6.07) is 16.0. The van der Waals surface area contributed by atoms with Crippen molar-refractivity contribution < 1.29 is 13.2 Å². The predicted octanol–water partition coefficient (Wildman–Crippen LogP) is 2.75. The van der Waals surface area contributed by atoms with Crippen molar-refractivity contribution in [3.63, 3.8) is 0 Å². The number of ether oxygens (including phenoxy) is 1. The zero-order valence-electron chi connectivity index (χ0n) is 13.3. The van der Waals surface area contributed by atoms with E-state index in [-0.39, 0.29) is 16.4 Å². The molecule has 1 heterocycles. The second-order valence-corrected chi connectivity index (χ2v) is 7.64. The highest BCUT2D eigenvalue weighted by Crippen LogP contribution is 2.32. The van der Waals surface area contributed by atoms with Gasteiger partial charge in [0.1, 0.15) is 11.8 Å². The monoisotopic (exact) mass is 342 g/mol. The van der Waals surface area contributed by atoms with E-state index in [0.29, 0.717) is 13.1 Å². The SMILES string of the molecule is COc1ccc([C@@H]2CCN(S(=O)(=O)c3ccccc3C#N)C2)cc1. The zero-order chi connectivity index (χ0) is 17.2. The van der Waals surface area contributed by atoms with E-state index < -0.39 is 10.0 Å². The molecule has 0 spiro atoms. The van der Waals surface area contributed by atoms with Gasteiger partial charge in [-0.2, -0.15) is 9.57 Å². The molecular weight excluding hydrogens is 324 g/mol. The van der Waals surface area contributed by atoms with E-state index in [4.69, 9.17) is 10.00 Å². The molecule has 2 aromatic carbocycles. The first kappa shape index (κ1) is 16.5. The van der Waals surface area contributed by atoms with E-state index in [1.54, 1.807) is 19.2 Å². The Morgan fingerprint density at radius 2 is 1.88 bits per heavy atom. The Morgan fingerprint density at radius 3 is 2.54 bits per heavy atom. The predicted molar refractivity (Wildman–Crippen MR) is 90.3 cm³/mol. The van der Waals surface area contributed by atoms with Crippen LogP contribution in [0.5, 0.6) is 5.75 Å². The van der Waals surface area contributed by atoms with Gasteiger partial charge in [-0.05, 0) is 42.2 Å². The van der Waals surface area contributed by atoms with Gasteiger partial charge in [0.2, 0.25) is 10.0 Å². The molecule has 0 amide bonds. The van der Waals surface area contributed by atoms with Gasteiger partial charge in [-0.25, -0.2) is 8.42 Å². The van der Waals surface area contributed by atoms with Crippen molar-refractivity contribution in [3.8, 4) is 11.8 Å². The lowest BCUT2D eigenvalue weighted by molar-refractivity contribution is 0.414. The summed E-state index contributed by atoms with van der Waals surface area (Å²) in [5.74, 6) is 0.934. The Bertz CT molecular complexity index is 870. The highest BCUT2D eigenvalue weighted by molar-refractivity contribution is 7.89. The van der Waals surface area contributed by atoms with Gasteiger partial charge in [0, 0.05) is 13.1 Å². The van der Waals surface area contributed by atoms with Crippen molar-refractivity contribution >= 4 is 10.0 Å². The molecule has 1 fully saturated rings. The summed E-state index contributed by atoms with van der Waals surface area (Å²) in [4.78, 5) is 0.0860. The number of hydrogen-bond acceptors (Lipinski definition) is 4. The molecule has 0 bridgehead atoms. The van der Waals surface area contributed by atoms with Crippen molar-refractivity contribution in [2.24, 2.45) is 0 Å². The molecule has 124 valence electrons. The molecule has 1 aliphatic heterocycles. The van der Waals surface area contributed by atoms with E-state index >= 15 is 0 Å². The number of hydrogen-bond donors (Lipinski definition) is 0. The molecule has 0 saturated carbocycles. The highest BCUT2D eigenvalue weighted by Gasteiger charge is 2.34. The van der Waals surface area contributed by atoms with Crippen molar-refractivity contribution in [2.45, 2.75) is 17.2 Å². The fourth-order valence-electron chi connectivity index (χ4n) is 3.02. The number of sulfonamides is 1. The lowest BCUT2D eigenvalue weighted by Gasteiger charge is -2.17. The van der Waals surface area contributed by atoms with Crippen LogP contribution in [0.2, 0.25) is 0 Å². The third-order valence-corrected chi connectivity index (χ3v) is 6.29. The molecule has 1 aliphatic rings. The minimum Gasteiger partial charge on any atom is -0.497 e. The van der Waals surface area contributed by atoms with Crippen molar-refractivity contribution in [1.29, 1.82) is 5.26 Å². The number of rotatable bonds is 4. The molecule has 0 N–H and O–H groups in total. The van der Waals surface area contributed by atoms with Gasteiger partial charge in [-0.15, -0.1) is 0 Å². The van der Waals surface area contributed by atoms with Gasteiger partial charge >= 0.3 is 0 Å². The van der Waals surface area contributed by atoms with E-state index in [0.717, 1.165) is 17.7 Å². The van der Waals surface area contributed by atoms with Crippen molar-refractivity contribution in [1.82, 2.24) is 4.31 Å². The lowest BCUT2D eigenvalue weighted by Crippen LogP contribution is -2.29. The highest BCUT2D eigenvalue weighted by atomic mass is 32.2. The summed E-state index contributed by atoms with van der Waals surface area (Å²) in [5.41, 5.74) is 1.28. The molecule has 3 rings (SSSR count). The normalized spacial score (nSPS) is 18.2. The Balaban J connectivity index is 1.83. The summed E-state index contributed by atoms with van der Waals surface area (Å²) >= 11 is 0. The van der Waals surface area contributed by atoms with E-state index in [1.165, 1.54) is 16.4 Å². The molecule has 5 nitrogen and oxygen atoms in total. The van der Waals surface area contributed by atoms with E-state index in [2.05, 4.69) is 0 Å². The first-order valence-corrected chi connectivity index (χ1v) is 9.13. The fourth-order valence-corrected chi connectivity index (χ4v) is 4.66. The first-order valence-electron chi connectivity index (χ1n) is 7.69. The first-order chi connectivity index (χ1) is 11.6. The van der Waals surface area contributed by atoms with E-state index in [9.17, 15) is 8.42 Å². The Morgan fingerprint density at radius 1 is 1.17 bits per heavy atom. The van der Waals surface area contributed by atoms with Gasteiger partial charge in [-0.3, -0.25) is 0 Å². The number of nitrogens with zero attached hydrogens (tertiary/aromatic N) is 2. The van der Waals surface area contributed by atoms with Crippen LogP contribution in [0.15, 0.2) is 53.4 Å². The number of nitriles is 1. The number of methoxy groups -OCH3 is 1. The van der Waals surface area contributed by atoms with Crippen LogP contribution in [0, 0.1) is 11.3 Å². The van der Waals surface area contributed by atoms with Gasteiger partial charge < -0.3 is 4.74 Å². The summed E-state index contributed by atoms with van der Waals surface area (Å²) in [7, 11) is -2.03. The molecule has 0 unspecified atom stereocenters. The molecule has 0 aromatic heterocycles. The standard InChI is InChI=1S/C18H18N2O3S/c1-23-17-8-6-14(7-9-17)16-10-11-20(13-16)24(21,22)18-5-3-2-4-15(18)12-19/h2-9,16H,10-11,13H2,1H3/t16-/m1/s1. The average Bonchev–Trinajstić information content (AvgIpc) is 3.12. The smallest absolute Gasteiger partial charge is 0.244 e. The van der Waals surface area contributed by atoms with Crippen LogP contribution in [0.1, 0.15) is 23.5 Å². The largest absolute Gasteiger partial charge is 0.497 e. The second kappa shape index (κ2) is 6.63. The van der Waals surface area contributed by atoms with Crippen LogP contribution in [-0.4, -0.2) is 32.9 Å². The maximum Gasteiger partial charge on any atom is 0.244 e. The third-order valence-electron chi connectivity index (χ3n) is 4.36. The van der Waals surface area contributed by atoms with Gasteiger partial charge in [0.15, 0.2) is 0 Å². The van der Waals surface area contributed by atoms with Crippen molar-refractivity contribution in [2.75, 3.05) is 20.2 Å². The third kappa shape index (κ3) is 3.01. The van der Waals surface area contributed by atoms with Crippen LogP contribution in [-0.2, 0) is 10.0 Å². The van der Waals surface area contributed by atoms with Crippen LogP contribution < -0.4 is 4.74 Å². The molecule has 1 saturated heterocycles. The summed E-state index contributed by atoms with van der Waals surface area (Å²) in [5, 5.41) is 9.16. The zero-order valence-corrected chi connectivity index (χ0v) is 14.2. The van der Waals surface area contributed by atoms with Crippen LogP contribution >= 0.6 is 0 Å². The minimum atomic E-state index is -3.65. The molecule has 2 aromatic rings. The maximum atomic E-state index is 12.8. The van der Waals surface area contributed by atoms with Crippen molar-refractivity contribution in [3.05, 3.63) is 59.7 Å². The van der Waals surface area contributed by atoms with Gasteiger partial charge in [0.25, 0.3) is 0 Å². The quantitative estimate of drug-likeness (QED) is 0.856. The minimum absolute atomic E-state index is 0.0860. The van der Waals surface area contributed by atoms with E-state index in [1.807, 2.05) is 30.3 Å².